The van der Waals surface area contributed by atoms with Gasteiger partial charge in [0.1, 0.15) is 6.54 Å². The van der Waals surface area contributed by atoms with Gasteiger partial charge in [-0.1, -0.05) is 17.7 Å². The number of hydrogen-bond acceptors (Lipinski definition) is 3. The summed E-state index contributed by atoms with van der Waals surface area (Å²) < 4.78 is 4.78. The first kappa shape index (κ1) is 14.7. The van der Waals surface area contributed by atoms with E-state index in [4.69, 9.17) is 28.6 Å². The molecule has 0 saturated carbocycles. The molecule has 0 radical (unpaired) electrons. The quantitative estimate of drug-likeness (QED) is 0.658. The van der Waals surface area contributed by atoms with Crippen LogP contribution in [0.4, 0.5) is 5.69 Å². The number of esters is 1. The minimum Gasteiger partial charge on any atom is -0.465 e. The Labute approximate surface area is 117 Å². The number of thiocarbonyl (C=S) groups is 1. The lowest BCUT2D eigenvalue weighted by atomic mass is 10.2. The third-order valence-electron chi connectivity index (χ3n) is 2.21. The van der Waals surface area contributed by atoms with Gasteiger partial charge in [0.05, 0.1) is 6.61 Å². The molecule has 4 nitrogen and oxygen atoms in total. The number of halogens is 1. The van der Waals surface area contributed by atoms with E-state index in [1.807, 2.05) is 19.1 Å². The number of ether oxygens (including phenoxy) is 1. The van der Waals surface area contributed by atoms with Crippen LogP contribution in [-0.2, 0) is 9.53 Å². The number of carbonyl (C=O) groups is 1. The topological polar surface area (TPSA) is 50.4 Å². The summed E-state index contributed by atoms with van der Waals surface area (Å²) in [5.74, 6) is -0.343. The molecule has 0 atom stereocenters. The fourth-order valence-corrected chi connectivity index (χ4v) is 1.63. The first-order chi connectivity index (χ1) is 8.54. The SMILES string of the molecule is CCOC(=O)CNC(=S)Nc1cccc(Cl)c1C. The van der Waals surface area contributed by atoms with Gasteiger partial charge >= 0.3 is 5.97 Å². The van der Waals surface area contributed by atoms with Crippen LogP contribution >= 0.6 is 23.8 Å². The molecule has 1 aromatic carbocycles. The third-order valence-corrected chi connectivity index (χ3v) is 2.87. The van der Waals surface area contributed by atoms with Crippen LogP contribution in [0.15, 0.2) is 18.2 Å². The van der Waals surface area contributed by atoms with Crippen molar-refractivity contribution in [1.29, 1.82) is 0 Å². The number of nitrogens with one attached hydrogen (secondary N) is 2. The highest BCUT2D eigenvalue weighted by molar-refractivity contribution is 7.80. The highest BCUT2D eigenvalue weighted by Gasteiger charge is 2.06. The minimum absolute atomic E-state index is 0.0410. The predicted molar refractivity (Wildman–Crippen MR) is 77.0 cm³/mol. The fourth-order valence-electron chi connectivity index (χ4n) is 1.27. The van der Waals surface area contributed by atoms with E-state index in [1.54, 1.807) is 13.0 Å². The van der Waals surface area contributed by atoms with E-state index >= 15 is 0 Å². The van der Waals surface area contributed by atoms with Crippen LogP contribution in [0.1, 0.15) is 12.5 Å². The van der Waals surface area contributed by atoms with Crippen molar-refractivity contribution in [1.82, 2.24) is 5.32 Å². The van der Waals surface area contributed by atoms with Crippen molar-refractivity contribution in [3.8, 4) is 0 Å². The van der Waals surface area contributed by atoms with E-state index in [0.29, 0.717) is 16.7 Å². The molecular weight excluding hydrogens is 272 g/mol. The monoisotopic (exact) mass is 286 g/mol. The smallest absolute Gasteiger partial charge is 0.325 e. The number of hydrogen-bond donors (Lipinski definition) is 2. The maximum Gasteiger partial charge on any atom is 0.325 e. The zero-order chi connectivity index (χ0) is 13.5. The van der Waals surface area contributed by atoms with Crippen molar-refractivity contribution in [2.45, 2.75) is 13.8 Å². The summed E-state index contributed by atoms with van der Waals surface area (Å²) in [4.78, 5) is 11.1. The second kappa shape index (κ2) is 7.18. The molecule has 0 fully saturated rings. The van der Waals surface area contributed by atoms with E-state index in [-0.39, 0.29) is 12.5 Å². The molecule has 0 aliphatic heterocycles. The Hall–Kier alpha value is -1.33. The van der Waals surface area contributed by atoms with Gasteiger partial charge in [-0.3, -0.25) is 4.79 Å². The maximum atomic E-state index is 11.1. The Morgan fingerprint density at radius 3 is 2.89 bits per heavy atom. The summed E-state index contributed by atoms with van der Waals surface area (Å²) in [6.45, 7) is 4.04. The van der Waals surface area contributed by atoms with Gasteiger partial charge in [0.15, 0.2) is 5.11 Å². The highest BCUT2D eigenvalue weighted by Crippen LogP contribution is 2.22. The van der Waals surface area contributed by atoms with Gasteiger partial charge in [-0.05, 0) is 43.8 Å². The van der Waals surface area contributed by atoms with Gasteiger partial charge in [-0.2, -0.15) is 0 Å². The second-order valence-electron chi connectivity index (χ2n) is 3.53. The molecule has 0 heterocycles. The van der Waals surface area contributed by atoms with Crippen LogP contribution in [0.2, 0.25) is 5.02 Å². The van der Waals surface area contributed by atoms with E-state index in [9.17, 15) is 4.79 Å². The van der Waals surface area contributed by atoms with Gasteiger partial charge in [0.25, 0.3) is 0 Å². The van der Waals surface area contributed by atoms with Crippen molar-refractivity contribution in [3.63, 3.8) is 0 Å². The van der Waals surface area contributed by atoms with Crippen LogP contribution in [0, 0.1) is 6.92 Å². The summed E-state index contributed by atoms with van der Waals surface area (Å²) in [6.07, 6.45) is 0. The molecule has 0 aliphatic carbocycles. The fraction of sp³-hybridized carbons (Fsp3) is 0.333. The third kappa shape index (κ3) is 4.50. The first-order valence-corrected chi connectivity index (χ1v) is 6.28. The average molecular weight is 287 g/mol. The standard InChI is InChI=1S/C12H15ClN2O2S/c1-3-17-11(16)7-14-12(18)15-10-6-4-5-9(13)8(10)2/h4-6H,3,7H2,1-2H3,(H2,14,15,18). The van der Waals surface area contributed by atoms with Crippen LogP contribution in [0.25, 0.3) is 0 Å². The Bertz CT molecular complexity index is 452. The lowest BCUT2D eigenvalue weighted by molar-refractivity contribution is -0.141. The van der Waals surface area contributed by atoms with Crippen molar-refractivity contribution in [2.24, 2.45) is 0 Å². The summed E-state index contributed by atoms with van der Waals surface area (Å²) in [7, 11) is 0. The van der Waals surface area contributed by atoms with Gasteiger partial charge < -0.3 is 15.4 Å². The summed E-state index contributed by atoms with van der Waals surface area (Å²) in [5, 5.41) is 6.76. The van der Waals surface area contributed by atoms with Gasteiger partial charge in [0.2, 0.25) is 0 Å². The van der Waals surface area contributed by atoms with Crippen molar-refractivity contribution >= 4 is 40.6 Å². The molecular formula is C12H15ClN2O2S. The largest absolute Gasteiger partial charge is 0.465 e. The summed E-state index contributed by atoms with van der Waals surface area (Å²) in [5.41, 5.74) is 1.71. The number of benzene rings is 1. The van der Waals surface area contributed by atoms with Crippen LogP contribution in [0.5, 0.6) is 0 Å². The molecule has 0 unspecified atom stereocenters. The number of anilines is 1. The molecule has 0 aromatic heterocycles. The molecule has 18 heavy (non-hydrogen) atoms. The van der Waals surface area contributed by atoms with Gasteiger partial charge in [0, 0.05) is 10.7 Å². The molecule has 0 saturated heterocycles. The van der Waals surface area contributed by atoms with Crippen molar-refractivity contribution < 1.29 is 9.53 Å². The number of carbonyl (C=O) groups excluding carboxylic acids is 1. The highest BCUT2D eigenvalue weighted by atomic mass is 35.5. The Balaban J connectivity index is 2.50. The number of rotatable bonds is 4. The van der Waals surface area contributed by atoms with E-state index in [0.717, 1.165) is 11.3 Å². The van der Waals surface area contributed by atoms with Crippen LogP contribution in [-0.4, -0.2) is 24.2 Å². The van der Waals surface area contributed by atoms with E-state index < -0.39 is 0 Å². The average Bonchev–Trinajstić information content (AvgIpc) is 2.33. The Kier molecular flexibility index (Phi) is 5.88. The van der Waals surface area contributed by atoms with Gasteiger partial charge in [-0.25, -0.2) is 0 Å². The summed E-state index contributed by atoms with van der Waals surface area (Å²) in [6, 6.07) is 5.49. The van der Waals surface area contributed by atoms with Crippen molar-refractivity contribution in [2.75, 3.05) is 18.5 Å². The zero-order valence-corrected chi connectivity index (χ0v) is 11.8. The molecule has 0 aliphatic rings. The molecule has 2 N–H and O–H groups in total. The predicted octanol–water partition coefficient (Wildman–Crippen LogP) is 2.50. The normalized spacial score (nSPS) is 9.72. The molecule has 0 bridgehead atoms. The lowest BCUT2D eigenvalue weighted by Gasteiger charge is -2.12. The first-order valence-electron chi connectivity index (χ1n) is 5.50. The Morgan fingerprint density at radius 2 is 2.22 bits per heavy atom. The molecule has 1 aromatic rings. The lowest BCUT2D eigenvalue weighted by Crippen LogP contribution is -2.34. The maximum absolute atomic E-state index is 11.1. The Morgan fingerprint density at radius 1 is 1.50 bits per heavy atom. The minimum atomic E-state index is -0.343. The van der Waals surface area contributed by atoms with Gasteiger partial charge in [-0.15, -0.1) is 0 Å². The summed E-state index contributed by atoms with van der Waals surface area (Å²) >= 11 is 11.1. The van der Waals surface area contributed by atoms with Crippen molar-refractivity contribution in [3.05, 3.63) is 28.8 Å². The molecule has 6 heteroatoms. The molecule has 98 valence electrons. The molecule has 0 amide bonds. The van der Waals surface area contributed by atoms with Crippen LogP contribution in [0.3, 0.4) is 0 Å². The second-order valence-corrected chi connectivity index (χ2v) is 4.34. The molecule has 0 spiro atoms. The van der Waals surface area contributed by atoms with Crippen LogP contribution < -0.4 is 10.6 Å². The van der Waals surface area contributed by atoms with E-state index in [2.05, 4.69) is 10.6 Å². The zero-order valence-electron chi connectivity index (χ0n) is 10.2. The molecule has 1 rings (SSSR count). The van der Waals surface area contributed by atoms with E-state index in [1.165, 1.54) is 0 Å².